The van der Waals surface area contributed by atoms with Crippen molar-refractivity contribution in [2.75, 3.05) is 18.5 Å². The number of benzene rings is 1. The average molecular weight is 440 g/mol. The first-order valence-corrected chi connectivity index (χ1v) is 11.4. The topological polar surface area (TPSA) is 125 Å². The van der Waals surface area contributed by atoms with Gasteiger partial charge in [0, 0.05) is 17.3 Å². The van der Waals surface area contributed by atoms with Crippen molar-refractivity contribution >= 4 is 32.9 Å². The van der Waals surface area contributed by atoms with Gasteiger partial charge in [-0.25, -0.2) is 9.13 Å². The van der Waals surface area contributed by atoms with Crippen LogP contribution in [0.1, 0.15) is 26.7 Å². The molecular formula is C16H24ClNO7P2. The smallest absolute Gasteiger partial charge is 0.381 e. The van der Waals surface area contributed by atoms with Crippen LogP contribution in [0.3, 0.4) is 0 Å². The van der Waals surface area contributed by atoms with E-state index in [1.165, 1.54) is 0 Å². The van der Waals surface area contributed by atoms with E-state index in [1.807, 2.05) is 38.1 Å². The predicted molar refractivity (Wildman–Crippen MR) is 106 cm³/mol. The third-order valence-electron chi connectivity index (χ3n) is 3.31. The van der Waals surface area contributed by atoms with Crippen molar-refractivity contribution in [3.05, 3.63) is 52.6 Å². The molecule has 1 unspecified atom stereocenters. The quantitative estimate of drug-likeness (QED) is 0.290. The van der Waals surface area contributed by atoms with E-state index < -0.39 is 15.6 Å². The van der Waals surface area contributed by atoms with E-state index in [-0.39, 0.29) is 6.61 Å². The number of hydrogen-bond acceptors (Lipinski definition) is 5. The monoisotopic (exact) mass is 439 g/mol. The van der Waals surface area contributed by atoms with Crippen LogP contribution in [0, 0.1) is 0 Å². The molecular weight excluding hydrogens is 416 g/mol. The first-order valence-electron chi connectivity index (χ1n) is 8.02. The highest BCUT2D eigenvalue weighted by atomic mass is 35.5. The SMILES string of the molecule is C/C(=C\COP(=O)(O)OP(=O)(O)O)CC/C=C(\C)CNc1cccc(Cl)c1. The fraction of sp³-hybridized carbons (Fsp3) is 0.375. The number of nitrogens with one attached hydrogen (secondary N) is 1. The normalized spacial score (nSPS) is 15.5. The molecule has 1 rings (SSSR count). The summed E-state index contributed by atoms with van der Waals surface area (Å²) in [5.41, 5.74) is 2.99. The van der Waals surface area contributed by atoms with Gasteiger partial charge in [-0.1, -0.05) is 41.0 Å². The lowest BCUT2D eigenvalue weighted by molar-refractivity contribution is 0.191. The molecule has 0 radical (unpaired) electrons. The zero-order chi connectivity index (χ0) is 20.5. The largest absolute Gasteiger partial charge is 0.481 e. The number of anilines is 1. The Kier molecular flexibility index (Phi) is 9.95. The molecule has 1 aromatic rings. The second-order valence-corrected chi connectivity index (χ2v) is 9.11. The maximum atomic E-state index is 11.3. The molecule has 0 aliphatic rings. The van der Waals surface area contributed by atoms with Crippen LogP contribution in [0.2, 0.25) is 5.02 Å². The van der Waals surface area contributed by atoms with Crippen molar-refractivity contribution in [2.24, 2.45) is 0 Å². The van der Waals surface area contributed by atoms with Crippen molar-refractivity contribution in [3.63, 3.8) is 0 Å². The summed E-state index contributed by atoms with van der Waals surface area (Å²) < 4.78 is 30.0. The summed E-state index contributed by atoms with van der Waals surface area (Å²) in [7, 11) is -9.88. The summed E-state index contributed by atoms with van der Waals surface area (Å²) in [4.78, 5) is 26.2. The van der Waals surface area contributed by atoms with Gasteiger partial charge in [-0.3, -0.25) is 4.52 Å². The van der Waals surface area contributed by atoms with Crippen LogP contribution < -0.4 is 5.32 Å². The Hall–Kier alpha value is -0.950. The van der Waals surface area contributed by atoms with E-state index >= 15 is 0 Å². The lowest BCUT2D eigenvalue weighted by atomic mass is 10.1. The molecule has 0 heterocycles. The Morgan fingerprint density at radius 2 is 1.89 bits per heavy atom. The van der Waals surface area contributed by atoms with E-state index in [4.69, 9.17) is 26.3 Å². The minimum atomic E-state index is -5.09. The third kappa shape index (κ3) is 12.2. The third-order valence-corrected chi connectivity index (χ3v) is 5.69. The summed E-state index contributed by atoms with van der Waals surface area (Å²) in [5.74, 6) is 0. The van der Waals surface area contributed by atoms with Crippen molar-refractivity contribution in [1.82, 2.24) is 0 Å². The summed E-state index contributed by atoms with van der Waals surface area (Å²) in [6, 6.07) is 7.46. The fourth-order valence-corrected chi connectivity index (χ4v) is 3.71. The predicted octanol–water partition coefficient (Wildman–Crippen LogP) is 4.65. The van der Waals surface area contributed by atoms with E-state index in [0.29, 0.717) is 18.0 Å². The first-order chi connectivity index (χ1) is 12.5. The van der Waals surface area contributed by atoms with Crippen LogP contribution >= 0.6 is 27.2 Å². The molecule has 1 aromatic carbocycles. The fourth-order valence-electron chi connectivity index (χ4n) is 1.99. The number of phosphoric acid groups is 2. The molecule has 0 saturated carbocycles. The van der Waals surface area contributed by atoms with Crippen LogP contribution in [-0.2, 0) is 18.0 Å². The van der Waals surface area contributed by atoms with Gasteiger partial charge in [0.25, 0.3) is 0 Å². The van der Waals surface area contributed by atoms with E-state index in [1.54, 1.807) is 6.08 Å². The summed E-state index contributed by atoms with van der Waals surface area (Å²) in [6.45, 7) is 4.21. The van der Waals surface area contributed by atoms with Crippen molar-refractivity contribution in [1.29, 1.82) is 0 Å². The standard InChI is InChI=1S/C16H24ClNO7P2/c1-13(9-10-24-27(22,23)25-26(19,20)21)5-3-6-14(2)12-18-16-8-4-7-15(17)11-16/h4,6-9,11,18H,3,5,10,12H2,1-2H3,(H,22,23)(H2,19,20,21)/b13-9+,14-6+. The molecule has 0 aliphatic carbocycles. The Morgan fingerprint density at radius 3 is 2.52 bits per heavy atom. The number of rotatable bonds is 11. The molecule has 4 N–H and O–H groups in total. The number of allylic oxidation sites excluding steroid dienone is 2. The zero-order valence-corrected chi connectivity index (χ0v) is 17.6. The lowest BCUT2D eigenvalue weighted by Crippen LogP contribution is -2.02. The van der Waals surface area contributed by atoms with E-state index in [2.05, 4.69) is 20.2 Å². The number of phosphoric ester groups is 1. The minimum absolute atomic E-state index is 0.293. The molecule has 0 fully saturated rings. The van der Waals surface area contributed by atoms with E-state index in [9.17, 15) is 9.13 Å². The summed E-state index contributed by atoms with van der Waals surface area (Å²) >= 11 is 5.93. The maximum Gasteiger partial charge on any atom is 0.481 e. The van der Waals surface area contributed by atoms with Gasteiger partial charge in [0.05, 0.1) is 6.61 Å². The average Bonchev–Trinajstić information content (AvgIpc) is 2.50. The van der Waals surface area contributed by atoms with Crippen LogP contribution in [0.15, 0.2) is 47.6 Å². The molecule has 152 valence electrons. The molecule has 0 saturated heterocycles. The van der Waals surface area contributed by atoms with Crippen molar-refractivity contribution in [2.45, 2.75) is 26.7 Å². The highest BCUT2D eigenvalue weighted by molar-refractivity contribution is 7.60. The Morgan fingerprint density at radius 1 is 1.19 bits per heavy atom. The Labute approximate surface area is 163 Å². The number of hydrogen-bond donors (Lipinski definition) is 4. The van der Waals surface area contributed by atoms with Crippen molar-refractivity contribution in [3.8, 4) is 0 Å². The molecule has 27 heavy (non-hydrogen) atoms. The highest BCUT2D eigenvalue weighted by Crippen LogP contribution is 2.57. The summed E-state index contributed by atoms with van der Waals surface area (Å²) in [5, 5.41) is 3.94. The van der Waals surface area contributed by atoms with Crippen molar-refractivity contribution < 1.29 is 32.6 Å². The summed E-state index contributed by atoms with van der Waals surface area (Å²) in [6.07, 6.45) is 5.09. The highest BCUT2D eigenvalue weighted by Gasteiger charge is 2.31. The first kappa shape index (κ1) is 24.1. The van der Waals surface area contributed by atoms with Gasteiger partial charge in [-0.2, -0.15) is 4.31 Å². The molecule has 0 spiro atoms. The second-order valence-electron chi connectivity index (χ2n) is 5.84. The molecule has 1 atom stereocenters. The zero-order valence-electron chi connectivity index (χ0n) is 15.0. The lowest BCUT2D eigenvalue weighted by Gasteiger charge is -2.11. The van der Waals surface area contributed by atoms with Gasteiger partial charge in [-0.05, 0) is 44.9 Å². The van der Waals surface area contributed by atoms with Crippen LogP contribution in [0.4, 0.5) is 5.69 Å². The van der Waals surface area contributed by atoms with Crippen LogP contribution in [0.25, 0.3) is 0 Å². The van der Waals surface area contributed by atoms with Crippen LogP contribution in [0.5, 0.6) is 0 Å². The van der Waals surface area contributed by atoms with Gasteiger partial charge >= 0.3 is 15.6 Å². The molecule has 0 bridgehead atoms. The van der Waals surface area contributed by atoms with Gasteiger partial charge < -0.3 is 20.0 Å². The second kappa shape index (κ2) is 11.1. The molecule has 8 nitrogen and oxygen atoms in total. The number of halogens is 1. The Bertz CT molecular complexity index is 776. The van der Waals surface area contributed by atoms with E-state index in [0.717, 1.165) is 23.3 Å². The molecule has 0 aliphatic heterocycles. The molecule has 0 amide bonds. The van der Waals surface area contributed by atoms with Gasteiger partial charge in [0.15, 0.2) is 0 Å². The van der Waals surface area contributed by atoms with Gasteiger partial charge in [-0.15, -0.1) is 0 Å². The Balaban J connectivity index is 2.34. The minimum Gasteiger partial charge on any atom is -0.381 e. The van der Waals surface area contributed by atoms with Gasteiger partial charge in [0.1, 0.15) is 0 Å². The molecule has 0 aromatic heterocycles. The maximum absolute atomic E-state index is 11.3. The molecule has 11 heteroatoms. The van der Waals surface area contributed by atoms with Crippen LogP contribution in [-0.4, -0.2) is 27.8 Å². The van der Waals surface area contributed by atoms with Gasteiger partial charge in [0.2, 0.25) is 0 Å².